The Balaban J connectivity index is 2.62. The summed E-state index contributed by atoms with van der Waals surface area (Å²) in [4.78, 5) is 4.48. The van der Waals surface area contributed by atoms with Crippen molar-refractivity contribution in [3.05, 3.63) is 28.5 Å². The first-order valence-corrected chi connectivity index (χ1v) is 6.70. The van der Waals surface area contributed by atoms with Gasteiger partial charge in [0.05, 0.1) is 12.1 Å². The molecule has 0 aliphatic heterocycles. The van der Waals surface area contributed by atoms with Crippen molar-refractivity contribution in [2.24, 2.45) is 5.73 Å². The molecule has 4 nitrogen and oxygen atoms in total. The molecule has 0 unspecified atom stereocenters. The second kappa shape index (κ2) is 4.64. The van der Waals surface area contributed by atoms with Crippen LogP contribution in [-0.2, 0) is 6.54 Å². The summed E-state index contributed by atoms with van der Waals surface area (Å²) in [5.41, 5.74) is 7.09. The number of pyridine rings is 1. The number of hydrogen-bond donors (Lipinski definition) is 2. The van der Waals surface area contributed by atoms with Gasteiger partial charge in [0, 0.05) is 17.6 Å². The maximum absolute atomic E-state index is 9.96. The molecule has 0 bridgehead atoms. The fourth-order valence-corrected chi connectivity index (χ4v) is 2.37. The second-order valence-corrected chi connectivity index (χ2v) is 6.13. The number of nitrogens with two attached hydrogens (primary N) is 1. The van der Waals surface area contributed by atoms with Crippen LogP contribution >= 0.6 is 15.9 Å². The van der Waals surface area contributed by atoms with Crippen LogP contribution in [-0.4, -0.2) is 20.3 Å². The first-order valence-electron chi connectivity index (χ1n) is 5.91. The Kier molecular flexibility index (Phi) is 3.49. The number of hydrogen-bond acceptors (Lipinski definition) is 3. The lowest BCUT2D eigenvalue weighted by molar-refractivity contribution is 0.0626. The van der Waals surface area contributed by atoms with Crippen LogP contribution in [0, 0.1) is 0 Å². The summed E-state index contributed by atoms with van der Waals surface area (Å²) in [6, 6.07) is 3.85. The Hall–Kier alpha value is -0.910. The summed E-state index contributed by atoms with van der Waals surface area (Å²) in [5.74, 6) is 0. The van der Waals surface area contributed by atoms with E-state index in [0.29, 0.717) is 6.54 Å². The van der Waals surface area contributed by atoms with Gasteiger partial charge in [-0.25, -0.2) is 4.98 Å². The molecule has 0 spiro atoms. The lowest BCUT2D eigenvalue weighted by Gasteiger charge is -2.18. The van der Waals surface area contributed by atoms with Crippen molar-refractivity contribution >= 4 is 27.0 Å². The number of rotatable bonds is 3. The third kappa shape index (κ3) is 2.74. The molecule has 0 saturated carbocycles. The molecule has 98 valence electrons. The van der Waals surface area contributed by atoms with Crippen molar-refractivity contribution in [3.8, 4) is 0 Å². The Labute approximate surface area is 115 Å². The van der Waals surface area contributed by atoms with Crippen LogP contribution in [0.15, 0.2) is 22.9 Å². The van der Waals surface area contributed by atoms with E-state index in [9.17, 15) is 5.11 Å². The predicted octanol–water partition coefficient (Wildman–Crippen LogP) is 2.59. The average Bonchev–Trinajstić information content (AvgIpc) is 2.54. The minimum atomic E-state index is -0.787. The van der Waals surface area contributed by atoms with E-state index in [1.165, 1.54) is 0 Å². The van der Waals surface area contributed by atoms with E-state index >= 15 is 0 Å². The van der Waals surface area contributed by atoms with Crippen molar-refractivity contribution in [1.29, 1.82) is 0 Å². The lowest BCUT2D eigenvalue weighted by Crippen LogP contribution is -2.25. The fourth-order valence-electron chi connectivity index (χ4n) is 2.07. The van der Waals surface area contributed by atoms with Gasteiger partial charge < -0.3 is 15.4 Å². The zero-order valence-corrected chi connectivity index (χ0v) is 12.4. The van der Waals surface area contributed by atoms with Gasteiger partial charge in [-0.05, 0) is 54.4 Å². The Morgan fingerprint density at radius 3 is 2.72 bits per heavy atom. The molecule has 0 amide bonds. The van der Waals surface area contributed by atoms with Gasteiger partial charge in [-0.15, -0.1) is 0 Å². The number of halogens is 1. The highest BCUT2D eigenvalue weighted by Crippen LogP contribution is 2.26. The maximum atomic E-state index is 9.96. The minimum Gasteiger partial charge on any atom is -0.389 e. The molecule has 5 heteroatoms. The topological polar surface area (TPSA) is 64.1 Å². The van der Waals surface area contributed by atoms with Gasteiger partial charge in [0.25, 0.3) is 0 Å². The third-order valence-electron chi connectivity index (χ3n) is 2.77. The zero-order chi connectivity index (χ0) is 13.5. The fraction of sp³-hybridized carbons (Fsp3) is 0.462. The number of nitrogens with zero attached hydrogens (tertiary/aromatic N) is 2. The van der Waals surface area contributed by atoms with Crippen molar-refractivity contribution < 1.29 is 5.11 Å². The van der Waals surface area contributed by atoms with Crippen molar-refractivity contribution in [1.82, 2.24) is 9.55 Å². The average molecular weight is 312 g/mol. The van der Waals surface area contributed by atoms with Gasteiger partial charge in [-0.1, -0.05) is 0 Å². The molecule has 3 N–H and O–H groups in total. The Morgan fingerprint density at radius 2 is 2.17 bits per heavy atom. The van der Waals surface area contributed by atoms with E-state index in [-0.39, 0.29) is 6.04 Å². The van der Waals surface area contributed by atoms with Crippen LogP contribution < -0.4 is 5.73 Å². The van der Waals surface area contributed by atoms with Gasteiger partial charge in [-0.2, -0.15) is 0 Å². The first-order chi connectivity index (χ1) is 8.28. The first kappa shape index (κ1) is 13.5. The summed E-state index contributed by atoms with van der Waals surface area (Å²) in [6.07, 6.45) is 1.98. The largest absolute Gasteiger partial charge is 0.389 e. The van der Waals surface area contributed by atoms with E-state index in [1.54, 1.807) is 13.8 Å². The molecule has 0 fully saturated rings. The number of aliphatic hydroxyl groups is 1. The molecule has 2 rings (SSSR count). The van der Waals surface area contributed by atoms with Crippen LogP contribution in [0.3, 0.4) is 0 Å². The molecule has 2 aromatic rings. The summed E-state index contributed by atoms with van der Waals surface area (Å²) in [7, 11) is 0. The minimum absolute atomic E-state index is 0.0569. The molecule has 2 aromatic heterocycles. The zero-order valence-electron chi connectivity index (χ0n) is 10.8. The molecule has 2 heterocycles. The lowest BCUT2D eigenvalue weighted by atomic mass is 10.1. The quantitative estimate of drug-likeness (QED) is 0.856. The van der Waals surface area contributed by atoms with Crippen molar-refractivity contribution in [2.45, 2.75) is 39.0 Å². The molecular weight excluding hydrogens is 294 g/mol. The highest BCUT2D eigenvalue weighted by Gasteiger charge is 2.18. The smallest absolute Gasteiger partial charge is 0.141 e. The summed E-state index contributed by atoms with van der Waals surface area (Å²) >= 11 is 3.37. The molecule has 0 aliphatic carbocycles. The van der Waals surface area contributed by atoms with Gasteiger partial charge in [0.2, 0.25) is 0 Å². The number of fused-ring (bicyclic) bond motifs is 1. The molecule has 1 atom stereocenters. The van der Waals surface area contributed by atoms with Crippen LogP contribution in [0.1, 0.15) is 32.4 Å². The van der Waals surface area contributed by atoms with Gasteiger partial charge in [0.1, 0.15) is 10.3 Å². The maximum Gasteiger partial charge on any atom is 0.141 e. The van der Waals surface area contributed by atoms with E-state index < -0.39 is 5.60 Å². The van der Waals surface area contributed by atoms with E-state index in [4.69, 9.17) is 5.73 Å². The molecule has 0 aliphatic rings. The van der Waals surface area contributed by atoms with Crippen LogP contribution in [0.2, 0.25) is 0 Å². The molecular formula is C13H18BrN3O. The highest BCUT2D eigenvalue weighted by molar-refractivity contribution is 9.10. The summed E-state index contributed by atoms with van der Waals surface area (Å²) < 4.78 is 2.74. The molecule has 18 heavy (non-hydrogen) atoms. The van der Waals surface area contributed by atoms with E-state index in [2.05, 4.69) is 20.9 Å². The van der Waals surface area contributed by atoms with Crippen molar-refractivity contribution in [3.63, 3.8) is 0 Å². The van der Waals surface area contributed by atoms with Gasteiger partial charge in [-0.3, -0.25) is 0 Å². The monoisotopic (exact) mass is 311 g/mol. The second-order valence-electron chi connectivity index (χ2n) is 5.32. The van der Waals surface area contributed by atoms with Gasteiger partial charge >= 0.3 is 0 Å². The van der Waals surface area contributed by atoms with Crippen LogP contribution in [0.4, 0.5) is 0 Å². The number of aromatic nitrogens is 2. The summed E-state index contributed by atoms with van der Waals surface area (Å²) in [6.45, 7) is 6.00. The summed E-state index contributed by atoms with van der Waals surface area (Å²) in [5, 5.41) is 11.0. The molecule has 0 aromatic carbocycles. The Bertz CT molecular complexity index is 569. The highest BCUT2D eigenvalue weighted by atomic mass is 79.9. The normalized spacial score (nSPS) is 14.1. The molecule has 0 radical (unpaired) electrons. The van der Waals surface area contributed by atoms with Gasteiger partial charge in [0.15, 0.2) is 0 Å². The van der Waals surface area contributed by atoms with E-state index in [1.807, 2.05) is 29.8 Å². The SMILES string of the molecule is C[C@@H](N)c1cn(CC(C)(C)O)c2nc(Br)ccc12. The van der Waals surface area contributed by atoms with E-state index in [0.717, 1.165) is 21.2 Å². The standard InChI is InChI=1S/C13H18BrN3O/c1-8(15)10-6-17(7-13(2,3)18)12-9(10)4-5-11(14)16-12/h4-6,8,18H,7,15H2,1-3H3/t8-/m1/s1. The van der Waals surface area contributed by atoms with Crippen molar-refractivity contribution in [2.75, 3.05) is 0 Å². The Morgan fingerprint density at radius 1 is 1.50 bits per heavy atom. The van der Waals surface area contributed by atoms with Crippen LogP contribution in [0.5, 0.6) is 0 Å². The predicted molar refractivity (Wildman–Crippen MR) is 76.3 cm³/mol. The molecule has 0 saturated heterocycles. The van der Waals surface area contributed by atoms with Crippen LogP contribution in [0.25, 0.3) is 11.0 Å². The third-order valence-corrected chi connectivity index (χ3v) is 3.21.